The second kappa shape index (κ2) is 11.1. The summed E-state index contributed by atoms with van der Waals surface area (Å²) >= 11 is 0. The molecule has 3 rings (SSSR count). The molecular weight excluding hydrogens is 376 g/mol. The zero-order valence-corrected chi connectivity index (χ0v) is 19.1. The van der Waals surface area contributed by atoms with Gasteiger partial charge < -0.3 is 14.8 Å². The van der Waals surface area contributed by atoms with Crippen LogP contribution in [-0.4, -0.2) is 49.3 Å². The normalized spacial score (nSPS) is 24.8. The van der Waals surface area contributed by atoms with Crippen molar-refractivity contribution in [3.05, 3.63) is 24.3 Å². The third kappa shape index (κ3) is 6.45. The van der Waals surface area contributed by atoms with Crippen LogP contribution in [0.25, 0.3) is 0 Å². The minimum Gasteiger partial charge on any atom is -0.492 e. The van der Waals surface area contributed by atoms with E-state index in [1.807, 2.05) is 31.2 Å². The maximum absolute atomic E-state index is 13.0. The van der Waals surface area contributed by atoms with Crippen molar-refractivity contribution in [2.24, 2.45) is 11.8 Å². The molecule has 1 N–H and O–H groups in total. The van der Waals surface area contributed by atoms with Gasteiger partial charge in [0.05, 0.1) is 0 Å². The standard InChI is InChI=1S/C25H40N2O3/c1-4-30-25(13-7-5-6-8-14-25)24(28)26-22-9-11-23(12-10-22)29-16-15-27-18-20(2)17-21(3)19-27/h9-12,20-21H,4-8,13-19H2,1-3H3,(H,26,28)/t20-,21-/m1/s1. The van der Waals surface area contributed by atoms with Crippen LogP contribution in [-0.2, 0) is 9.53 Å². The Morgan fingerprint density at radius 2 is 1.70 bits per heavy atom. The average Bonchev–Trinajstić information content (AvgIpc) is 2.95. The molecule has 0 radical (unpaired) electrons. The molecular formula is C25H40N2O3. The maximum Gasteiger partial charge on any atom is 0.256 e. The van der Waals surface area contributed by atoms with E-state index in [2.05, 4.69) is 24.1 Å². The average molecular weight is 417 g/mol. The van der Waals surface area contributed by atoms with E-state index >= 15 is 0 Å². The zero-order valence-electron chi connectivity index (χ0n) is 19.1. The lowest BCUT2D eigenvalue weighted by molar-refractivity contribution is -0.143. The Bertz CT molecular complexity index is 643. The molecule has 1 saturated heterocycles. The van der Waals surface area contributed by atoms with Crippen LogP contribution in [0.1, 0.15) is 65.7 Å². The van der Waals surface area contributed by atoms with Crippen molar-refractivity contribution in [3.63, 3.8) is 0 Å². The first kappa shape index (κ1) is 23.1. The Hall–Kier alpha value is -1.59. The van der Waals surface area contributed by atoms with Gasteiger partial charge in [0, 0.05) is 31.9 Å². The van der Waals surface area contributed by atoms with Gasteiger partial charge in [-0.05, 0) is 62.3 Å². The van der Waals surface area contributed by atoms with Crippen molar-refractivity contribution in [2.45, 2.75) is 71.3 Å². The number of nitrogens with one attached hydrogen (secondary N) is 1. The van der Waals surface area contributed by atoms with E-state index in [0.717, 1.165) is 55.5 Å². The van der Waals surface area contributed by atoms with Crippen molar-refractivity contribution in [3.8, 4) is 5.75 Å². The van der Waals surface area contributed by atoms with E-state index in [1.54, 1.807) is 0 Å². The van der Waals surface area contributed by atoms with Gasteiger partial charge in [-0.15, -0.1) is 0 Å². The van der Waals surface area contributed by atoms with Gasteiger partial charge in [-0.3, -0.25) is 9.69 Å². The molecule has 1 saturated carbocycles. The van der Waals surface area contributed by atoms with Gasteiger partial charge in [-0.1, -0.05) is 39.5 Å². The number of hydrogen-bond donors (Lipinski definition) is 1. The predicted molar refractivity (Wildman–Crippen MR) is 122 cm³/mol. The van der Waals surface area contributed by atoms with Crippen LogP contribution < -0.4 is 10.1 Å². The van der Waals surface area contributed by atoms with Crippen LogP contribution in [0.4, 0.5) is 5.69 Å². The van der Waals surface area contributed by atoms with Crippen LogP contribution in [0.3, 0.4) is 0 Å². The predicted octanol–water partition coefficient (Wildman–Crippen LogP) is 5.11. The molecule has 1 aliphatic carbocycles. The second-order valence-electron chi connectivity index (χ2n) is 9.37. The topological polar surface area (TPSA) is 50.8 Å². The number of hydrogen-bond acceptors (Lipinski definition) is 4. The quantitative estimate of drug-likeness (QED) is 0.598. The smallest absolute Gasteiger partial charge is 0.256 e. The Morgan fingerprint density at radius 3 is 2.30 bits per heavy atom. The summed E-state index contributed by atoms with van der Waals surface area (Å²) in [5.74, 6) is 2.38. The molecule has 2 aliphatic rings. The molecule has 30 heavy (non-hydrogen) atoms. The van der Waals surface area contributed by atoms with Crippen LogP contribution in [0.15, 0.2) is 24.3 Å². The number of nitrogens with zero attached hydrogens (tertiary/aromatic N) is 1. The monoisotopic (exact) mass is 416 g/mol. The van der Waals surface area contributed by atoms with Crippen molar-refractivity contribution in [2.75, 3.05) is 38.2 Å². The molecule has 0 unspecified atom stereocenters. The van der Waals surface area contributed by atoms with Crippen LogP contribution >= 0.6 is 0 Å². The largest absolute Gasteiger partial charge is 0.492 e. The summed E-state index contributed by atoms with van der Waals surface area (Å²) in [6.45, 7) is 11.2. The van der Waals surface area contributed by atoms with Crippen molar-refractivity contribution in [1.29, 1.82) is 0 Å². The third-order valence-electron chi connectivity index (χ3n) is 6.48. The molecule has 1 heterocycles. The molecule has 1 amide bonds. The van der Waals surface area contributed by atoms with E-state index < -0.39 is 5.60 Å². The van der Waals surface area contributed by atoms with Crippen LogP contribution in [0.5, 0.6) is 5.75 Å². The zero-order chi connectivity index (χ0) is 21.4. The lowest BCUT2D eigenvalue weighted by atomic mass is 9.92. The highest BCUT2D eigenvalue weighted by Gasteiger charge is 2.39. The van der Waals surface area contributed by atoms with Gasteiger partial charge in [0.15, 0.2) is 0 Å². The van der Waals surface area contributed by atoms with Gasteiger partial charge in [-0.2, -0.15) is 0 Å². The summed E-state index contributed by atoms with van der Waals surface area (Å²) in [7, 11) is 0. The molecule has 0 aromatic heterocycles. The Morgan fingerprint density at radius 1 is 1.07 bits per heavy atom. The summed E-state index contributed by atoms with van der Waals surface area (Å²) in [5, 5.41) is 3.08. The molecule has 0 spiro atoms. The lowest BCUT2D eigenvalue weighted by Crippen LogP contribution is -2.45. The van der Waals surface area contributed by atoms with E-state index in [0.29, 0.717) is 13.2 Å². The lowest BCUT2D eigenvalue weighted by Gasteiger charge is -2.34. The molecule has 5 heteroatoms. The highest BCUT2D eigenvalue weighted by atomic mass is 16.5. The molecule has 2 fully saturated rings. The second-order valence-corrected chi connectivity index (χ2v) is 9.37. The number of ether oxygens (including phenoxy) is 2. The number of amides is 1. The first-order valence-corrected chi connectivity index (χ1v) is 11.9. The number of piperidine rings is 1. The molecule has 168 valence electrons. The number of likely N-dealkylation sites (tertiary alicyclic amines) is 1. The molecule has 1 aliphatic heterocycles. The fraction of sp³-hybridized carbons (Fsp3) is 0.720. The molecule has 1 aromatic rings. The van der Waals surface area contributed by atoms with E-state index in [1.165, 1.54) is 32.4 Å². The summed E-state index contributed by atoms with van der Waals surface area (Å²) in [5.41, 5.74) is 0.123. The van der Waals surface area contributed by atoms with Crippen LogP contribution in [0.2, 0.25) is 0 Å². The maximum atomic E-state index is 13.0. The Balaban J connectivity index is 1.49. The van der Waals surface area contributed by atoms with Gasteiger partial charge in [-0.25, -0.2) is 0 Å². The van der Waals surface area contributed by atoms with Gasteiger partial charge >= 0.3 is 0 Å². The van der Waals surface area contributed by atoms with E-state index in [4.69, 9.17) is 9.47 Å². The third-order valence-corrected chi connectivity index (χ3v) is 6.48. The summed E-state index contributed by atoms with van der Waals surface area (Å²) in [4.78, 5) is 15.6. The highest BCUT2D eigenvalue weighted by molar-refractivity contribution is 5.97. The summed E-state index contributed by atoms with van der Waals surface area (Å²) in [6, 6.07) is 7.73. The van der Waals surface area contributed by atoms with Gasteiger partial charge in [0.1, 0.15) is 18.0 Å². The molecule has 2 atom stereocenters. The molecule has 0 bridgehead atoms. The summed E-state index contributed by atoms with van der Waals surface area (Å²) in [6.07, 6.45) is 7.41. The van der Waals surface area contributed by atoms with Gasteiger partial charge in [0.25, 0.3) is 5.91 Å². The molecule has 1 aromatic carbocycles. The first-order valence-electron chi connectivity index (χ1n) is 11.9. The van der Waals surface area contributed by atoms with Crippen LogP contribution in [0, 0.1) is 11.8 Å². The van der Waals surface area contributed by atoms with Gasteiger partial charge in [0.2, 0.25) is 0 Å². The van der Waals surface area contributed by atoms with E-state index in [9.17, 15) is 4.79 Å². The van der Waals surface area contributed by atoms with Crippen molar-refractivity contribution in [1.82, 2.24) is 4.90 Å². The van der Waals surface area contributed by atoms with E-state index in [-0.39, 0.29) is 5.91 Å². The van der Waals surface area contributed by atoms with Crippen molar-refractivity contribution >= 4 is 11.6 Å². The fourth-order valence-electron chi connectivity index (χ4n) is 5.16. The number of benzene rings is 1. The number of carbonyl (C=O) groups excluding carboxylic acids is 1. The SMILES string of the molecule is CCOC1(C(=O)Nc2ccc(OCCN3C[C@H](C)C[C@@H](C)C3)cc2)CCCCCC1. The summed E-state index contributed by atoms with van der Waals surface area (Å²) < 4.78 is 11.9. The number of carbonyl (C=O) groups is 1. The minimum absolute atomic E-state index is 0.00624. The first-order chi connectivity index (χ1) is 14.5. The highest BCUT2D eigenvalue weighted by Crippen LogP contribution is 2.32. The molecule has 5 nitrogen and oxygen atoms in total. The van der Waals surface area contributed by atoms with Crippen molar-refractivity contribution < 1.29 is 14.3 Å². The number of anilines is 1. The Kier molecular flexibility index (Phi) is 8.58. The minimum atomic E-state index is -0.677. The Labute approximate surface area is 182 Å². The fourth-order valence-corrected chi connectivity index (χ4v) is 5.16. The number of rotatable bonds is 8.